The summed E-state index contributed by atoms with van der Waals surface area (Å²) in [6, 6.07) is 6.99. The van der Waals surface area contributed by atoms with Crippen molar-refractivity contribution in [3.05, 3.63) is 52.2 Å². The predicted molar refractivity (Wildman–Crippen MR) is 88.5 cm³/mol. The van der Waals surface area contributed by atoms with Gasteiger partial charge in [0.2, 0.25) is 11.8 Å². The average molecular weight is 356 g/mol. The van der Waals surface area contributed by atoms with Crippen molar-refractivity contribution in [2.45, 2.75) is 5.75 Å². The van der Waals surface area contributed by atoms with Crippen molar-refractivity contribution in [3.63, 3.8) is 0 Å². The molecule has 0 aliphatic rings. The molecule has 0 spiro atoms. The van der Waals surface area contributed by atoms with Crippen LogP contribution >= 0.6 is 23.1 Å². The molecule has 2 N–H and O–H groups in total. The fourth-order valence-electron chi connectivity index (χ4n) is 1.65. The van der Waals surface area contributed by atoms with Crippen molar-refractivity contribution in [1.29, 1.82) is 0 Å². The second kappa shape index (κ2) is 8.64. The molecule has 0 aliphatic heterocycles. The minimum absolute atomic E-state index is 0.134. The average Bonchev–Trinajstić information content (AvgIpc) is 3.02. The molecule has 2 amide bonds. The SMILES string of the molecule is O=C(CSCc1cccs1)NCC(=O)Nc1ccc(F)c(F)c1. The number of hydrogen-bond donors (Lipinski definition) is 2. The number of carbonyl (C=O) groups excluding carboxylic acids is 2. The molecule has 1 aromatic heterocycles. The summed E-state index contributed by atoms with van der Waals surface area (Å²) in [7, 11) is 0. The van der Waals surface area contributed by atoms with Crippen LogP contribution in [0, 0.1) is 11.6 Å². The van der Waals surface area contributed by atoms with Crippen LogP contribution in [0.25, 0.3) is 0 Å². The second-order valence-electron chi connectivity index (χ2n) is 4.53. The Morgan fingerprint density at radius 3 is 2.65 bits per heavy atom. The number of benzene rings is 1. The maximum atomic E-state index is 13.0. The molecule has 0 atom stereocenters. The third-order valence-corrected chi connectivity index (χ3v) is 4.75. The highest BCUT2D eigenvalue weighted by molar-refractivity contribution is 7.99. The van der Waals surface area contributed by atoms with Crippen molar-refractivity contribution >= 4 is 40.6 Å². The van der Waals surface area contributed by atoms with Gasteiger partial charge in [-0.3, -0.25) is 9.59 Å². The lowest BCUT2D eigenvalue weighted by Gasteiger charge is -2.07. The fourth-order valence-corrected chi connectivity index (χ4v) is 3.35. The van der Waals surface area contributed by atoms with E-state index in [1.165, 1.54) is 22.7 Å². The molecule has 0 saturated heterocycles. The molecule has 1 aromatic carbocycles. The second-order valence-corrected chi connectivity index (χ2v) is 6.54. The van der Waals surface area contributed by atoms with Gasteiger partial charge in [-0.15, -0.1) is 23.1 Å². The van der Waals surface area contributed by atoms with E-state index < -0.39 is 17.5 Å². The highest BCUT2D eigenvalue weighted by atomic mass is 32.2. The predicted octanol–water partition coefficient (Wildman–Crippen LogP) is 3.01. The molecule has 4 nitrogen and oxygen atoms in total. The lowest BCUT2D eigenvalue weighted by Crippen LogP contribution is -2.33. The van der Waals surface area contributed by atoms with Crippen LogP contribution in [0.4, 0.5) is 14.5 Å². The van der Waals surface area contributed by atoms with Gasteiger partial charge in [0.25, 0.3) is 0 Å². The molecule has 122 valence electrons. The Morgan fingerprint density at radius 1 is 1.13 bits per heavy atom. The number of rotatable bonds is 7. The number of amides is 2. The van der Waals surface area contributed by atoms with Crippen LogP contribution in [-0.2, 0) is 15.3 Å². The summed E-state index contributed by atoms with van der Waals surface area (Å²) in [5, 5.41) is 6.82. The van der Waals surface area contributed by atoms with E-state index in [1.54, 1.807) is 11.3 Å². The smallest absolute Gasteiger partial charge is 0.243 e. The molecule has 0 radical (unpaired) electrons. The van der Waals surface area contributed by atoms with Crippen molar-refractivity contribution < 1.29 is 18.4 Å². The first-order valence-electron chi connectivity index (χ1n) is 6.66. The highest BCUT2D eigenvalue weighted by Crippen LogP contribution is 2.16. The Labute approximate surface area is 140 Å². The van der Waals surface area contributed by atoms with E-state index >= 15 is 0 Å². The lowest BCUT2D eigenvalue weighted by molar-refractivity contribution is -0.122. The number of nitrogens with one attached hydrogen (secondary N) is 2. The molecule has 0 fully saturated rings. The molecule has 2 rings (SSSR count). The molecular weight excluding hydrogens is 342 g/mol. The van der Waals surface area contributed by atoms with Gasteiger partial charge in [0.05, 0.1) is 12.3 Å². The largest absolute Gasteiger partial charge is 0.346 e. The van der Waals surface area contributed by atoms with Gasteiger partial charge in [-0.05, 0) is 23.6 Å². The fraction of sp³-hybridized carbons (Fsp3) is 0.200. The standard InChI is InChI=1S/C15H14F2N2O2S2/c16-12-4-3-10(6-13(12)17)19-14(20)7-18-15(21)9-22-8-11-2-1-5-23-11/h1-6H,7-9H2,(H,18,21)(H,19,20). The zero-order valence-electron chi connectivity index (χ0n) is 12.0. The molecule has 23 heavy (non-hydrogen) atoms. The number of hydrogen-bond acceptors (Lipinski definition) is 4. The Bertz CT molecular complexity index is 678. The van der Waals surface area contributed by atoms with Crippen molar-refractivity contribution in [2.24, 2.45) is 0 Å². The zero-order chi connectivity index (χ0) is 16.7. The normalized spacial score (nSPS) is 10.3. The lowest BCUT2D eigenvalue weighted by atomic mass is 10.3. The summed E-state index contributed by atoms with van der Waals surface area (Å²) < 4.78 is 25.8. The van der Waals surface area contributed by atoms with Crippen LogP contribution in [0.5, 0.6) is 0 Å². The molecule has 0 bridgehead atoms. The van der Waals surface area contributed by atoms with Crippen LogP contribution in [0.2, 0.25) is 0 Å². The van der Waals surface area contributed by atoms with E-state index in [4.69, 9.17) is 0 Å². The molecule has 0 aliphatic carbocycles. The summed E-state index contributed by atoms with van der Waals surface area (Å²) in [5.74, 6) is -1.81. The number of thioether (sulfide) groups is 1. The highest BCUT2D eigenvalue weighted by Gasteiger charge is 2.08. The number of anilines is 1. The summed E-state index contributed by atoms with van der Waals surface area (Å²) in [6.07, 6.45) is 0. The molecule has 2 aromatic rings. The molecule has 0 unspecified atom stereocenters. The first-order chi connectivity index (χ1) is 11.0. The molecule has 8 heteroatoms. The first-order valence-corrected chi connectivity index (χ1v) is 8.70. The molecule has 1 heterocycles. The van der Waals surface area contributed by atoms with Gasteiger partial charge in [0.15, 0.2) is 11.6 Å². The Hall–Kier alpha value is -1.93. The zero-order valence-corrected chi connectivity index (χ0v) is 13.6. The summed E-state index contributed by atoms with van der Waals surface area (Å²) in [5.41, 5.74) is 0.134. The van der Waals surface area contributed by atoms with E-state index in [1.807, 2.05) is 17.5 Å². The van der Waals surface area contributed by atoms with Crippen LogP contribution in [0.3, 0.4) is 0 Å². The van der Waals surface area contributed by atoms with Gasteiger partial charge >= 0.3 is 0 Å². The van der Waals surface area contributed by atoms with Gasteiger partial charge in [-0.25, -0.2) is 8.78 Å². The van der Waals surface area contributed by atoms with Crippen LogP contribution in [0.1, 0.15) is 4.88 Å². The van der Waals surface area contributed by atoms with Gasteiger partial charge in [0.1, 0.15) is 0 Å². The van der Waals surface area contributed by atoms with Crippen LogP contribution in [0.15, 0.2) is 35.7 Å². The maximum Gasteiger partial charge on any atom is 0.243 e. The first kappa shape index (κ1) is 17.4. The third-order valence-electron chi connectivity index (χ3n) is 2.71. The Balaban J connectivity index is 1.67. The third kappa shape index (κ3) is 5.99. The van der Waals surface area contributed by atoms with Gasteiger partial charge in [-0.1, -0.05) is 6.07 Å². The quantitative estimate of drug-likeness (QED) is 0.802. The Kier molecular flexibility index (Phi) is 6.54. The Morgan fingerprint density at radius 2 is 1.96 bits per heavy atom. The van der Waals surface area contributed by atoms with Crippen molar-refractivity contribution in [3.8, 4) is 0 Å². The summed E-state index contributed by atoms with van der Waals surface area (Å²) >= 11 is 3.08. The van der Waals surface area contributed by atoms with E-state index in [-0.39, 0.29) is 23.9 Å². The van der Waals surface area contributed by atoms with Crippen LogP contribution < -0.4 is 10.6 Å². The van der Waals surface area contributed by atoms with Gasteiger partial charge in [0, 0.05) is 22.4 Å². The van der Waals surface area contributed by atoms with E-state index in [2.05, 4.69) is 10.6 Å². The van der Waals surface area contributed by atoms with E-state index in [0.717, 1.165) is 17.9 Å². The summed E-state index contributed by atoms with van der Waals surface area (Å²) in [6.45, 7) is -0.225. The van der Waals surface area contributed by atoms with Crippen LogP contribution in [-0.4, -0.2) is 24.1 Å². The number of thiophene rings is 1. The number of halogens is 2. The molecule has 0 saturated carbocycles. The maximum absolute atomic E-state index is 13.0. The van der Waals surface area contributed by atoms with E-state index in [9.17, 15) is 18.4 Å². The van der Waals surface area contributed by atoms with Gasteiger partial charge in [-0.2, -0.15) is 0 Å². The minimum Gasteiger partial charge on any atom is -0.346 e. The summed E-state index contributed by atoms with van der Waals surface area (Å²) in [4.78, 5) is 24.4. The van der Waals surface area contributed by atoms with Crippen molar-refractivity contribution in [2.75, 3.05) is 17.6 Å². The topological polar surface area (TPSA) is 58.2 Å². The van der Waals surface area contributed by atoms with Gasteiger partial charge < -0.3 is 10.6 Å². The van der Waals surface area contributed by atoms with E-state index in [0.29, 0.717) is 0 Å². The molecular formula is C15H14F2N2O2S2. The minimum atomic E-state index is -1.04. The number of carbonyl (C=O) groups is 2. The van der Waals surface area contributed by atoms with Crippen molar-refractivity contribution in [1.82, 2.24) is 5.32 Å². The monoisotopic (exact) mass is 356 g/mol.